The fourth-order valence-corrected chi connectivity index (χ4v) is 3.13. The zero-order chi connectivity index (χ0) is 11.6. The summed E-state index contributed by atoms with van der Waals surface area (Å²) in [5.74, 6) is 1.96. The lowest BCUT2D eigenvalue weighted by Gasteiger charge is -2.39. The molecule has 94 valence electrons. The smallest absolute Gasteiger partial charge is 0.00682 e. The topological polar surface area (TPSA) is 12.0 Å². The Morgan fingerprint density at radius 3 is 2.19 bits per heavy atom. The van der Waals surface area contributed by atoms with E-state index in [0.717, 1.165) is 17.9 Å². The molecule has 0 heterocycles. The Bertz CT molecular complexity index is 209. The van der Waals surface area contributed by atoms with Crippen LogP contribution in [0.1, 0.15) is 65.7 Å². The van der Waals surface area contributed by atoms with Gasteiger partial charge in [-0.2, -0.15) is 0 Å². The minimum atomic E-state index is 0.558. The van der Waals surface area contributed by atoms with Crippen LogP contribution < -0.4 is 5.32 Å². The third-order valence-corrected chi connectivity index (χ3v) is 4.90. The van der Waals surface area contributed by atoms with Gasteiger partial charge in [-0.1, -0.05) is 33.6 Å². The molecule has 0 amide bonds. The van der Waals surface area contributed by atoms with Crippen molar-refractivity contribution in [1.82, 2.24) is 5.32 Å². The Hall–Kier alpha value is -0.0400. The monoisotopic (exact) mass is 223 g/mol. The first-order valence-electron chi connectivity index (χ1n) is 7.31. The quantitative estimate of drug-likeness (QED) is 0.743. The first-order valence-corrected chi connectivity index (χ1v) is 7.31. The molecule has 0 aromatic heterocycles. The molecule has 1 nitrogen and oxygen atoms in total. The zero-order valence-corrected chi connectivity index (χ0v) is 11.4. The van der Waals surface area contributed by atoms with Gasteiger partial charge in [-0.3, -0.25) is 0 Å². The third-order valence-electron chi connectivity index (χ3n) is 4.90. The summed E-state index contributed by atoms with van der Waals surface area (Å²) in [5.41, 5.74) is 0.558. The summed E-state index contributed by atoms with van der Waals surface area (Å²) in [6.07, 6.45) is 10.1. The van der Waals surface area contributed by atoms with Gasteiger partial charge >= 0.3 is 0 Å². The molecule has 0 radical (unpaired) electrons. The summed E-state index contributed by atoms with van der Waals surface area (Å²) in [6.45, 7) is 8.63. The SMILES string of the molecule is CC1CCC(C(C)(C)CCNC2CC2)CC1. The van der Waals surface area contributed by atoms with Crippen LogP contribution in [0, 0.1) is 17.3 Å². The van der Waals surface area contributed by atoms with Crippen LogP contribution in [0.25, 0.3) is 0 Å². The van der Waals surface area contributed by atoms with Crippen molar-refractivity contribution in [3.63, 3.8) is 0 Å². The average Bonchev–Trinajstić information content (AvgIpc) is 3.02. The molecule has 2 aliphatic carbocycles. The molecular formula is C15H29N. The van der Waals surface area contributed by atoms with E-state index >= 15 is 0 Å². The predicted molar refractivity (Wildman–Crippen MR) is 70.5 cm³/mol. The van der Waals surface area contributed by atoms with Crippen LogP contribution in [0.2, 0.25) is 0 Å². The lowest BCUT2D eigenvalue weighted by atomic mass is 9.67. The molecule has 0 saturated heterocycles. The van der Waals surface area contributed by atoms with Gasteiger partial charge in [-0.05, 0) is 55.9 Å². The molecule has 2 fully saturated rings. The summed E-state index contributed by atoms with van der Waals surface area (Å²) in [4.78, 5) is 0. The van der Waals surface area contributed by atoms with E-state index in [1.165, 1.54) is 51.5 Å². The van der Waals surface area contributed by atoms with Crippen molar-refractivity contribution in [2.45, 2.75) is 71.8 Å². The molecule has 0 aromatic carbocycles. The van der Waals surface area contributed by atoms with Crippen molar-refractivity contribution < 1.29 is 0 Å². The number of rotatable bonds is 5. The van der Waals surface area contributed by atoms with Gasteiger partial charge in [0.1, 0.15) is 0 Å². The maximum absolute atomic E-state index is 3.66. The highest BCUT2D eigenvalue weighted by Crippen LogP contribution is 2.41. The minimum Gasteiger partial charge on any atom is -0.314 e. The van der Waals surface area contributed by atoms with Crippen molar-refractivity contribution in [1.29, 1.82) is 0 Å². The van der Waals surface area contributed by atoms with E-state index in [1.54, 1.807) is 0 Å². The lowest BCUT2D eigenvalue weighted by Crippen LogP contribution is -2.32. The van der Waals surface area contributed by atoms with Gasteiger partial charge in [0.25, 0.3) is 0 Å². The molecule has 0 unspecified atom stereocenters. The normalized spacial score (nSPS) is 31.7. The van der Waals surface area contributed by atoms with E-state index < -0.39 is 0 Å². The van der Waals surface area contributed by atoms with Crippen LogP contribution >= 0.6 is 0 Å². The summed E-state index contributed by atoms with van der Waals surface area (Å²) in [7, 11) is 0. The third kappa shape index (κ3) is 3.48. The van der Waals surface area contributed by atoms with Gasteiger partial charge in [0.15, 0.2) is 0 Å². The van der Waals surface area contributed by atoms with Crippen molar-refractivity contribution >= 4 is 0 Å². The van der Waals surface area contributed by atoms with Gasteiger partial charge in [0.05, 0.1) is 0 Å². The van der Waals surface area contributed by atoms with Gasteiger partial charge in [-0.15, -0.1) is 0 Å². The van der Waals surface area contributed by atoms with Crippen LogP contribution in [0.15, 0.2) is 0 Å². The Kier molecular flexibility index (Phi) is 3.94. The van der Waals surface area contributed by atoms with Crippen LogP contribution in [0.4, 0.5) is 0 Å². The second kappa shape index (κ2) is 5.08. The van der Waals surface area contributed by atoms with Crippen LogP contribution in [0.3, 0.4) is 0 Å². The summed E-state index contributed by atoms with van der Waals surface area (Å²) in [5, 5.41) is 3.66. The fraction of sp³-hybridized carbons (Fsp3) is 1.00. The van der Waals surface area contributed by atoms with Crippen LogP contribution in [0.5, 0.6) is 0 Å². The Morgan fingerprint density at radius 1 is 1.00 bits per heavy atom. The summed E-state index contributed by atoms with van der Waals surface area (Å²) < 4.78 is 0. The maximum atomic E-state index is 3.66. The molecular weight excluding hydrogens is 194 g/mol. The van der Waals surface area contributed by atoms with E-state index in [0.29, 0.717) is 5.41 Å². The van der Waals surface area contributed by atoms with Crippen molar-refractivity contribution in [2.75, 3.05) is 6.54 Å². The van der Waals surface area contributed by atoms with E-state index in [9.17, 15) is 0 Å². The average molecular weight is 223 g/mol. The molecule has 1 N–H and O–H groups in total. The number of nitrogens with one attached hydrogen (secondary N) is 1. The molecule has 2 rings (SSSR count). The molecule has 0 atom stereocenters. The fourth-order valence-electron chi connectivity index (χ4n) is 3.13. The largest absolute Gasteiger partial charge is 0.314 e. The Labute approximate surface area is 101 Å². The maximum Gasteiger partial charge on any atom is 0.00682 e. The Balaban J connectivity index is 1.71. The molecule has 16 heavy (non-hydrogen) atoms. The highest BCUT2D eigenvalue weighted by atomic mass is 14.9. The van der Waals surface area contributed by atoms with Crippen LogP contribution in [-0.4, -0.2) is 12.6 Å². The van der Waals surface area contributed by atoms with Gasteiger partial charge in [0.2, 0.25) is 0 Å². The summed E-state index contributed by atoms with van der Waals surface area (Å²) in [6, 6.07) is 0.877. The summed E-state index contributed by atoms with van der Waals surface area (Å²) >= 11 is 0. The molecule has 1 heteroatoms. The first-order chi connectivity index (χ1) is 7.58. The predicted octanol–water partition coefficient (Wildman–Crippen LogP) is 3.98. The Morgan fingerprint density at radius 2 is 1.62 bits per heavy atom. The van der Waals surface area contributed by atoms with E-state index in [4.69, 9.17) is 0 Å². The van der Waals surface area contributed by atoms with E-state index in [1.807, 2.05) is 0 Å². The van der Waals surface area contributed by atoms with Crippen molar-refractivity contribution in [3.05, 3.63) is 0 Å². The minimum absolute atomic E-state index is 0.558. The van der Waals surface area contributed by atoms with E-state index in [-0.39, 0.29) is 0 Å². The standard InChI is InChI=1S/C15H29N/c1-12-4-6-13(7-5-12)15(2,3)10-11-16-14-8-9-14/h12-14,16H,4-11H2,1-3H3. The van der Waals surface area contributed by atoms with Crippen LogP contribution in [-0.2, 0) is 0 Å². The lowest BCUT2D eigenvalue weighted by molar-refractivity contribution is 0.127. The van der Waals surface area contributed by atoms with E-state index in [2.05, 4.69) is 26.1 Å². The second-order valence-corrected chi connectivity index (χ2v) is 6.92. The van der Waals surface area contributed by atoms with Gasteiger partial charge < -0.3 is 5.32 Å². The van der Waals surface area contributed by atoms with Crippen molar-refractivity contribution in [3.8, 4) is 0 Å². The second-order valence-electron chi connectivity index (χ2n) is 6.92. The number of hydrogen-bond acceptors (Lipinski definition) is 1. The molecule has 0 spiro atoms. The van der Waals surface area contributed by atoms with Crippen molar-refractivity contribution in [2.24, 2.45) is 17.3 Å². The molecule has 0 aliphatic heterocycles. The van der Waals surface area contributed by atoms with Gasteiger partial charge in [0, 0.05) is 6.04 Å². The molecule has 2 aliphatic rings. The first kappa shape index (κ1) is 12.4. The molecule has 0 aromatic rings. The highest BCUT2D eigenvalue weighted by molar-refractivity contribution is 4.85. The van der Waals surface area contributed by atoms with Gasteiger partial charge in [-0.25, -0.2) is 0 Å². The number of hydrogen-bond donors (Lipinski definition) is 1. The zero-order valence-electron chi connectivity index (χ0n) is 11.4. The molecule has 0 bridgehead atoms. The molecule has 2 saturated carbocycles. The highest BCUT2D eigenvalue weighted by Gasteiger charge is 2.32.